The highest BCUT2D eigenvalue weighted by atomic mass is 32.2. The summed E-state index contributed by atoms with van der Waals surface area (Å²) in [6, 6.07) is 18.6. The average molecular weight is 489 g/mol. The van der Waals surface area contributed by atoms with Gasteiger partial charge in [0.2, 0.25) is 11.8 Å². The second-order valence-electron chi connectivity index (χ2n) is 8.14. The summed E-state index contributed by atoms with van der Waals surface area (Å²) in [6.07, 6.45) is 0.835. The molecular weight excluding hydrogens is 464 g/mol. The van der Waals surface area contributed by atoms with Crippen molar-refractivity contribution < 1.29 is 24.3 Å². The predicted octanol–water partition coefficient (Wildman–Crippen LogP) is 4.93. The van der Waals surface area contributed by atoms with E-state index in [0.717, 1.165) is 22.4 Å². The van der Waals surface area contributed by atoms with Gasteiger partial charge in [-0.05, 0) is 60.9 Å². The van der Waals surface area contributed by atoms with E-state index in [1.807, 2.05) is 32.0 Å². The number of carbonyl (C=O) groups is 4. The molecule has 3 amide bonds. The van der Waals surface area contributed by atoms with Crippen LogP contribution in [0.1, 0.15) is 45.2 Å². The Labute approximate surface area is 207 Å². The molecule has 0 aliphatic carbocycles. The van der Waals surface area contributed by atoms with Crippen molar-refractivity contribution in [2.45, 2.75) is 36.8 Å². The van der Waals surface area contributed by atoms with Gasteiger partial charge in [-0.1, -0.05) is 37.3 Å². The van der Waals surface area contributed by atoms with Gasteiger partial charge in [0, 0.05) is 17.0 Å². The molecule has 0 spiro atoms. The van der Waals surface area contributed by atoms with Crippen LogP contribution in [0.2, 0.25) is 0 Å². The molecule has 178 valence electrons. The van der Waals surface area contributed by atoms with Crippen molar-refractivity contribution in [3.8, 4) is 0 Å². The number of aromatic carboxylic acids is 1. The number of nitrogens with zero attached hydrogens (tertiary/aromatic N) is 1. The third-order valence-corrected chi connectivity index (χ3v) is 7.02. The van der Waals surface area contributed by atoms with E-state index in [-0.39, 0.29) is 29.4 Å². The summed E-state index contributed by atoms with van der Waals surface area (Å²) in [5.74, 6) is -2.14. The molecule has 1 aliphatic heterocycles. The van der Waals surface area contributed by atoms with E-state index in [9.17, 15) is 24.3 Å². The molecule has 1 aliphatic rings. The standard InChI is InChI=1S/C27H24N2O5S/c1-3-17-8-6-7-16(2)24(17)29-23(30)15-22(26(29)32)35-19-13-11-18(12-14-19)28-25(31)20-9-4-5-10-21(20)27(33)34/h4-14,22H,3,15H2,1-2H3,(H,28,31)(H,33,34)/t22-/m1/s1. The van der Waals surface area contributed by atoms with Gasteiger partial charge in [0.05, 0.1) is 22.1 Å². The summed E-state index contributed by atoms with van der Waals surface area (Å²) in [5, 5.41) is 11.5. The fourth-order valence-corrected chi connectivity index (χ4v) is 5.16. The van der Waals surface area contributed by atoms with Gasteiger partial charge in [0.1, 0.15) is 0 Å². The van der Waals surface area contributed by atoms with Crippen LogP contribution in [0.25, 0.3) is 0 Å². The largest absolute Gasteiger partial charge is 0.478 e. The van der Waals surface area contributed by atoms with Crippen molar-refractivity contribution in [1.82, 2.24) is 0 Å². The van der Waals surface area contributed by atoms with Crippen molar-refractivity contribution >= 4 is 46.8 Å². The maximum absolute atomic E-state index is 13.2. The zero-order chi connectivity index (χ0) is 25.1. The molecule has 1 atom stereocenters. The van der Waals surface area contributed by atoms with Crippen molar-refractivity contribution in [2.24, 2.45) is 0 Å². The maximum atomic E-state index is 13.2. The van der Waals surface area contributed by atoms with Crippen LogP contribution in [-0.4, -0.2) is 34.0 Å². The quantitative estimate of drug-likeness (QED) is 0.457. The molecule has 8 heteroatoms. The second kappa shape index (κ2) is 10.1. The molecule has 7 nitrogen and oxygen atoms in total. The highest BCUT2D eigenvalue weighted by molar-refractivity contribution is 8.00. The smallest absolute Gasteiger partial charge is 0.336 e. The zero-order valence-corrected chi connectivity index (χ0v) is 20.1. The minimum absolute atomic E-state index is 0.0660. The van der Waals surface area contributed by atoms with Crippen LogP contribution in [0.3, 0.4) is 0 Å². The number of imide groups is 1. The van der Waals surface area contributed by atoms with E-state index in [1.165, 1.54) is 28.8 Å². The highest BCUT2D eigenvalue weighted by Gasteiger charge is 2.41. The number of aryl methyl sites for hydroxylation is 2. The number of carboxylic acid groups (broad SMARTS) is 1. The van der Waals surface area contributed by atoms with Crippen LogP contribution in [0.4, 0.5) is 11.4 Å². The fourth-order valence-electron chi connectivity index (χ4n) is 4.10. The van der Waals surface area contributed by atoms with Crippen molar-refractivity contribution in [2.75, 3.05) is 10.2 Å². The number of nitrogens with one attached hydrogen (secondary N) is 1. The van der Waals surface area contributed by atoms with E-state index < -0.39 is 17.1 Å². The molecule has 0 aromatic heterocycles. The van der Waals surface area contributed by atoms with Crippen molar-refractivity contribution in [3.05, 3.63) is 89.0 Å². The van der Waals surface area contributed by atoms with Crippen LogP contribution in [0.15, 0.2) is 71.6 Å². The third kappa shape index (κ3) is 4.97. The number of anilines is 2. The number of hydrogen-bond acceptors (Lipinski definition) is 5. The summed E-state index contributed by atoms with van der Waals surface area (Å²) in [5.41, 5.74) is 3.01. The van der Waals surface area contributed by atoms with Gasteiger partial charge < -0.3 is 10.4 Å². The van der Waals surface area contributed by atoms with Gasteiger partial charge >= 0.3 is 5.97 Å². The lowest BCUT2D eigenvalue weighted by Crippen LogP contribution is -2.32. The van der Waals surface area contributed by atoms with Crippen LogP contribution >= 0.6 is 11.8 Å². The molecule has 1 fully saturated rings. The minimum Gasteiger partial charge on any atom is -0.478 e. The molecule has 0 unspecified atom stereocenters. The summed E-state index contributed by atoms with van der Waals surface area (Å²) in [6.45, 7) is 3.90. The fraction of sp³-hybridized carbons (Fsp3) is 0.185. The Kier molecular flexibility index (Phi) is 7.02. The van der Waals surface area contributed by atoms with E-state index >= 15 is 0 Å². The number of amides is 3. The molecule has 35 heavy (non-hydrogen) atoms. The Bertz CT molecular complexity index is 1320. The summed E-state index contributed by atoms with van der Waals surface area (Å²) >= 11 is 1.31. The Hall–Kier alpha value is -3.91. The number of carboxylic acids is 1. The number of thioether (sulfide) groups is 1. The number of carbonyl (C=O) groups excluding carboxylic acids is 3. The molecule has 0 radical (unpaired) electrons. The van der Waals surface area contributed by atoms with Gasteiger partial charge in [0.15, 0.2) is 0 Å². The van der Waals surface area contributed by atoms with Gasteiger partial charge in [0.25, 0.3) is 5.91 Å². The number of benzene rings is 3. The van der Waals surface area contributed by atoms with E-state index in [2.05, 4.69) is 5.32 Å². The lowest BCUT2D eigenvalue weighted by atomic mass is 10.0. The number of para-hydroxylation sites is 1. The van der Waals surface area contributed by atoms with Gasteiger partial charge in [-0.3, -0.25) is 14.4 Å². The first kappa shape index (κ1) is 24.2. The summed E-state index contributed by atoms with van der Waals surface area (Å²) in [7, 11) is 0. The lowest BCUT2D eigenvalue weighted by molar-refractivity contribution is -0.121. The Morgan fingerprint density at radius 1 is 1.00 bits per heavy atom. The van der Waals surface area contributed by atoms with Gasteiger partial charge in [-0.2, -0.15) is 0 Å². The first-order chi connectivity index (χ1) is 16.8. The van der Waals surface area contributed by atoms with Crippen LogP contribution in [0.5, 0.6) is 0 Å². The molecule has 4 rings (SSSR count). The molecule has 3 aromatic rings. The van der Waals surface area contributed by atoms with Crippen LogP contribution in [0, 0.1) is 6.92 Å². The summed E-state index contributed by atoms with van der Waals surface area (Å²) < 4.78 is 0. The molecular formula is C27H24N2O5S. The minimum atomic E-state index is -1.18. The molecule has 1 saturated heterocycles. The average Bonchev–Trinajstić information content (AvgIpc) is 3.12. The second-order valence-corrected chi connectivity index (χ2v) is 9.42. The molecule has 1 heterocycles. The van der Waals surface area contributed by atoms with Gasteiger partial charge in [-0.25, -0.2) is 9.69 Å². The number of rotatable bonds is 7. The Morgan fingerprint density at radius 3 is 2.34 bits per heavy atom. The topological polar surface area (TPSA) is 104 Å². The number of hydrogen-bond donors (Lipinski definition) is 2. The first-order valence-corrected chi connectivity index (χ1v) is 12.0. The molecule has 3 aromatic carbocycles. The van der Waals surface area contributed by atoms with Crippen molar-refractivity contribution in [1.29, 1.82) is 0 Å². The van der Waals surface area contributed by atoms with E-state index in [0.29, 0.717) is 11.4 Å². The third-order valence-electron chi connectivity index (χ3n) is 5.82. The van der Waals surface area contributed by atoms with Gasteiger partial charge in [-0.15, -0.1) is 11.8 Å². The highest BCUT2D eigenvalue weighted by Crippen LogP contribution is 2.37. The molecule has 0 saturated carbocycles. The first-order valence-electron chi connectivity index (χ1n) is 11.2. The maximum Gasteiger partial charge on any atom is 0.336 e. The lowest BCUT2D eigenvalue weighted by Gasteiger charge is -2.20. The van der Waals surface area contributed by atoms with Crippen LogP contribution in [-0.2, 0) is 16.0 Å². The Balaban J connectivity index is 1.46. The Morgan fingerprint density at radius 2 is 1.69 bits per heavy atom. The van der Waals surface area contributed by atoms with E-state index in [1.54, 1.807) is 36.4 Å². The SMILES string of the molecule is CCc1cccc(C)c1N1C(=O)C[C@@H](Sc2ccc(NC(=O)c3ccccc3C(=O)O)cc2)C1=O. The van der Waals surface area contributed by atoms with E-state index in [4.69, 9.17) is 0 Å². The molecule has 2 N–H and O–H groups in total. The monoisotopic (exact) mass is 488 g/mol. The molecule has 0 bridgehead atoms. The van der Waals surface area contributed by atoms with Crippen LogP contribution < -0.4 is 10.2 Å². The summed E-state index contributed by atoms with van der Waals surface area (Å²) in [4.78, 5) is 52.0. The predicted molar refractivity (Wildman–Crippen MR) is 135 cm³/mol. The zero-order valence-electron chi connectivity index (χ0n) is 19.3. The normalized spacial score (nSPS) is 15.4. The van der Waals surface area contributed by atoms with Crippen molar-refractivity contribution in [3.63, 3.8) is 0 Å².